The fourth-order valence-electron chi connectivity index (χ4n) is 0.988. The van der Waals surface area contributed by atoms with E-state index in [0.29, 0.717) is 6.04 Å². The minimum absolute atomic E-state index is 0.546. The van der Waals surface area contributed by atoms with Crippen molar-refractivity contribution in [3.05, 3.63) is 18.5 Å². The van der Waals surface area contributed by atoms with Gasteiger partial charge in [-0.3, -0.25) is 0 Å². The summed E-state index contributed by atoms with van der Waals surface area (Å²) in [7, 11) is 0. The molecule has 1 unspecified atom stereocenters. The van der Waals surface area contributed by atoms with Gasteiger partial charge in [-0.05, 0) is 13.0 Å². The number of nitrogens with one attached hydrogen (secondary N) is 3. The molecule has 1 fully saturated rings. The lowest BCUT2D eigenvalue weighted by Crippen LogP contribution is -2.38. The molecule has 1 heterocycles. The van der Waals surface area contributed by atoms with E-state index in [-0.39, 0.29) is 0 Å². The first kappa shape index (κ1) is 7.35. The Hall–Kier alpha value is -0.760. The van der Waals surface area contributed by atoms with Gasteiger partial charge in [0.25, 0.3) is 0 Å². The van der Waals surface area contributed by atoms with E-state index in [1.807, 2.05) is 0 Å². The first-order chi connectivity index (χ1) is 4.93. The molecule has 3 heteroatoms. The van der Waals surface area contributed by atoms with E-state index in [1.54, 1.807) is 6.20 Å². The van der Waals surface area contributed by atoms with E-state index < -0.39 is 0 Å². The second-order valence-corrected chi connectivity index (χ2v) is 2.33. The number of rotatable bonds is 3. The van der Waals surface area contributed by atoms with Crippen LogP contribution in [0.1, 0.15) is 6.42 Å². The molecule has 0 spiro atoms. The normalized spacial score (nSPS) is 23.8. The number of hydrogen-bond donors (Lipinski definition) is 3. The maximum atomic E-state index is 3.43. The quantitative estimate of drug-likeness (QED) is 0.372. The second-order valence-electron chi connectivity index (χ2n) is 2.33. The Morgan fingerprint density at radius 3 is 3.20 bits per heavy atom. The van der Waals surface area contributed by atoms with Gasteiger partial charge in [0, 0.05) is 12.6 Å². The molecule has 1 atom stereocenters. The third-order valence-electron chi connectivity index (χ3n) is 1.52. The summed E-state index contributed by atoms with van der Waals surface area (Å²) in [6.07, 6.45) is 2.84. The summed E-state index contributed by atoms with van der Waals surface area (Å²) >= 11 is 0. The molecule has 1 saturated heterocycles. The molecule has 0 aromatic carbocycles. The van der Waals surface area contributed by atoms with Crippen LogP contribution in [0.5, 0.6) is 0 Å². The second kappa shape index (κ2) is 4.12. The molecule has 0 bridgehead atoms. The van der Waals surface area contributed by atoms with Crippen molar-refractivity contribution in [3.8, 4) is 0 Å². The molecule has 3 N–H and O–H groups in total. The van der Waals surface area contributed by atoms with Gasteiger partial charge in [-0.25, -0.2) is 5.43 Å². The Bertz CT molecular complexity index is 132. The largest absolute Gasteiger partial charge is 0.321 e. The Kier molecular flexibility index (Phi) is 3.03. The van der Waals surface area contributed by atoms with E-state index in [0.717, 1.165) is 13.1 Å². The van der Waals surface area contributed by atoms with Gasteiger partial charge in [0.1, 0.15) is 0 Å². The third kappa shape index (κ3) is 2.23. The lowest BCUT2D eigenvalue weighted by molar-refractivity contribution is 0.505. The van der Waals surface area contributed by atoms with Crippen LogP contribution in [0.15, 0.2) is 18.5 Å². The van der Waals surface area contributed by atoms with Crippen molar-refractivity contribution >= 4 is 0 Å². The molecule has 1 aliphatic rings. The predicted octanol–water partition coefficient (Wildman–Crippen LogP) is -0.259. The predicted molar refractivity (Wildman–Crippen MR) is 41.3 cm³/mol. The van der Waals surface area contributed by atoms with E-state index in [4.69, 9.17) is 0 Å². The van der Waals surface area contributed by atoms with Crippen molar-refractivity contribution in [1.82, 2.24) is 16.2 Å². The minimum atomic E-state index is 0.546. The van der Waals surface area contributed by atoms with E-state index in [1.165, 1.54) is 6.42 Å². The molecule has 3 nitrogen and oxygen atoms in total. The average Bonchev–Trinajstić information content (AvgIpc) is 2.41. The van der Waals surface area contributed by atoms with Crippen molar-refractivity contribution in [3.63, 3.8) is 0 Å². The summed E-state index contributed by atoms with van der Waals surface area (Å²) in [5, 5.41) is 3.25. The van der Waals surface area contributed by atoms with Crippen LogP contribution in [0.2, 0.25) is 0 Å². The van der Waals surface area contributed by atoms with Crippen LogP contribution in [-0.4, -0.2) is 19.1 Å². The summed E-state index contributed by atoms with van der Waals surface area (Å²) in [5.41, 5.74) is 8.62. The van der Waals surface area contributed by atoms with Gasteiger partial charge in [0.05, 0.1) is 6.20 Å². The Labute approximate surface area is 61.2 Å². The van der Waals surface area contributed by atoms with Gasteiger partial charge >= 0.3 is 0 Å². The summed E-state index contributed by atoms with van der Waals surface area (Å²) in [6.45, 7) is 5.57. The molecular weight excluding hydrogens is 126 g/mol. The Balaban J connectivity index is 2.06. The van der Waals surface area contributed by atoms with Crippen LogP contribution in [0.25, 0.3) is 0 Å². The lowest BCUT2D eigenvalue weighted by atomic mass is 10.3. The van der Waals surface area contributed by atoms with E-state index >= 15 is 0 Å². The van der Waals surface area contributed by atoms with Crippen LogP contribution < -0.4 is 16.2 Å². The highest BCUT2D eigenvalue weighted by molar-refractivity contribution is 4.78. The van der Waals surface area contributed by atoms with E-state index in [9.17, 15) is 0 Å². The highest BCUT2D eigenvalue weighted by atomic mass is 15.4. The minimum Gasteiger partial charge on any atom is -0.321 e. The molecule has 0 aliphatic carbocycles. The maximum Gasteiger partial charge on any atom is 0.0538 e. The van der Waals surface area contributed by atoms with Gasteiger partial charge in [-0.15, -0.1) is 5.73 Å². The molecule has 1 rings (SSSR count). The van der Waals surface area contributed by atoms with Crippen LogP contribution in [0.4, 0.5) is 0 Å². The van der Waals surface area contributed by atoms with Crippen LogP contribution in [0.3, 0.4) is 0 Å². The van der Waals surface area contributed by atoms with Crippen molar-refractivity contribution in [2.75, 3.05) is 13.1 Å². The van der Waals surface area contributed by atoms with Crippen molar-refractivity contribution < 1.29 is 0 Å². The number of hydrogen-bond acceptors (Lipinski definition) is 3. The van der Waals surface area contributed by atoms with E-state index in [2.05, 4.69) is 28.5 Å². The summed E-state index contributed by atoms with van der Waals surface area (Å²) < 4.78 is 0. The molecule has 0 radical (unpaired) electrons. The molecule has 1 aliphatic heterocycles. The smallest absolute Gasteiger partial charge is 0.0538 e. The molecule has 0 saturated carbocycles. The zero-order valence-electron chi connectivity index (χ0n) is 5.98. The van der Waals surface area contributed by atoms with Crippen molar-refractivity contribution in [2.24, 2.45) is 0 Å². The molecule has 56 valence electrons. The molecule has 10 heavy (non-hydrogen) atoms. The molecular formula is C7H13N3. The van der Waals surface area contributed by atoms with Gasteiger partial charge in [0.2, 0.25) is 0 Å². The summed E-state index contributed by atoms with van der Waals surface area (Å²) in [5.74, 6) is 0. The van der Waals surface area contributed by atoms with Crippen molar-refractivity contribution in [1.29, 1.82) is 0 Å². The fraction of sp³-hybridized carbons (Fsp3) is 0.571. The summed E-state index contributed by atoms with van der Waals surface area (Å²) in [6, 6.07) is 0.546. The number of hydrazine groups is 1. The fourth-order valence-corrected chi connectivity index (χ4v) is 0.988. The third-order valence-corrected chi connectivity index (χ3v) is 1.52. The maximum absolute atomic E-state index is 3.43. The first-order valence-electron chi connectivity index (χ1n) is 3.49. The van der Waals surface area contributed by atoms with Crippen LogP contribution >= 0.6 is 0 Å². The average molecular weight is 139 g/mol. The highest BCUT2D eigenvalue weighted by Crippen LogP contribution is 1.94. The lowest BCUT2D eigenvalue weighted by Gasteiger charge is -2.08. The zero-order chi connectivity index (χ0) is 7.23. The molecule has 0 amide bonds. The van der Waals surface area contributed by atoms with Crippen LogP contribution in [-0.2, 0) is 0 Å². The van der Waals surface area contributed by atoms with Crippen LogP contribution in [0, 0.1) is 0 Å². The monoisotopic (exact) mass is 139 g/mol. The van der Waals surface area contributed by atoms with Gasteiger partial charge < -0.3 is 10.7 Å². The topological polar surface area (TPSA) is 36.1 Å². The standard InChI is InChI=1S/C7H13N3/c1-2-4-9-10-7-3-5-8-6-7/h4,7-10H,1,3,5-6H2. The van der Waals surface area contributed by atoms with Gasteiger partial charge in [0.15, 0.2) is 0 Å². The van der Waals surface area contributed by atoms with Gasteiger partial charge in [-0.1, -0.05) is 6.58 Å². The highest BCUT2D eigenvalue weighted by Gasteiger charge is 2.11. The van der Waals surface area contributed by atoms with Gasteiger partial charge in [-0.2, -0.15) is 0 Å². The Morgan fingerprint density at radius 1 is 1.70 bits per heavy atom. The first-order valence-corrected chi connectivity index (χ1v) is 3.49. The Morgan fingerprint density at radius 2 is 2.60 bits per heavy atom. The zero-order valence-corrected chi connectivity index (χ0v) is 5.98. The summed E-state index contributed by atoms with van der Waals surface area (Å²) in [4.78, 5) is 0. The van der Waals surface area contributed by atoms with Crippen molar-refractivity contribution in [2.45, 2.75) is 12.5 Å². The molecule has 0 aromatic rings. The SMILES string of the molecule is C=C=CNNC1CCNC1. The molecule has 0 aromatic heterocycles.